The number of anilines is 2. The Morgan fingerprint density at radius 3 is 2.46 bits per heavy atom. The van der Waals surface area contributed by atoms with E-state index in [4.69, 9.17) is 0 Å². The fraction of sp³-hybridized carbons (Fsp3) is 0.417. The zero-order valence-electron chi connectivity index (χ0n) is 19.6. The van der Waals surface area contributed by atoms with E-state index in [-0.39, 0.29) is 21.9 Å². The molecule has 1 atom stereocenters. The Hall–Kier alpha value is -2.80. The number of ether oxygens (including phenoxy) is 1. The Labute approximate surface area is 220 Å². The number of halogens is 4. The number of nitrogens with zero attached hydrogens (tertiary/aromatic N) is 1. The van der Waals surface area contributed by atoms with E-state index in [1.807, 2.05) is 0 Å². The number of para-hydroxylation sites is 2. The second-order valence-electron chi connectivity index (χ2n) is 8.92. The summed E-state index contributed by atoms with van der Waals surface area (Å²) < 4.78 is 72.0. The van der Waals surface area contributed by atoms with E-state index in [2.05, 4.69) is 31.3 Å². The molecule has 0 radical (unpaired) electrons. The molecule has 1 heterocycles. The third kappa shape index (κ3) is 6.38. The molecular formula is C24H25BrF3N3O5S. The van der Waals surface area contributed by atoms with E-state index in [0.29, 0.717) is 4.31 Å². The fourth-order valence-electron chi connectivity index (χ4n) is 4.63. The van der Waals surface area contributed by atoms with Crippen LogP contribution in [0.25, 0.3) is 0 Å². The van der Waals surface area contributed by atoms with Crippen LogP contribution in [0.3, 0.4) is 0 Å². The van der Waals surface area contributed by atoms with Gasteiger partial charge in [0.2, 0.25) is 11.8 Å². The quantitative estimate of drug-likeness (QED) is 0.447. The van der Waals surface area contributed by atoms with Gasteiger partial charge in [0.15, 0.2) is 5.75 Å². The summed E-state index contributed by atoms with van der Waals surface area (Å²) in [6.45, 7) is 0. The topological polar surface area (TPSA) is 105 Å². The molecule has 4 rings (SSSR count). The fourth-order valence-corrected chi connectivity index (χ4v) is 6.70. The first kappa shape index (κ1) is 27.2. The zero-order valence-corrected chi connectivity index (χ0v) is 22.0. The maximum Gasteiger partial charge on any atom is 0.573 e. The van der Waals surface area contributed by atoms with E-state index >= 15 is 0 Å². The second kappa shape index (κ2) is 10.9. The van der Waals surface area contributed by atoms with Crippen LogP contribution < -0.4 is 19.7 Å². The van der Waals surface area contributed by atoms with Crippen LogP contribution in [0, 0.1) is 0 Å². The van der Waals surface area contributed by atoms with Crippen molar-refractivity contribution in [1.82, 2.24) is 5.32 Å². The summed E-state index contributed by atoms with van der Waals surface area (Å²) in [6.07, 6.45) is -0.0782. The molecule has 1 aliphatic carbocycles. The van der Waals surface area contributed by atoms with Crippen molar-refractivity contribution in [2.45, 2.75) is 68.3 Å². The van der Waals surface area contributed by atoms with Crippen molar-refractivity contribution in [2.75, 3.05) is 9.62 Å². The van der Waals surface area contributed by atoms with Gasteiger partial charge in [-0.25, -0.2) is 8.42 Å². The molecule has 2 aliphatic rings. The number of sulfonamides is 1. The molecular weight excluding hydrogens is 579 g/mol. The largest absolute Gasteiger partial charge is 0.573 e. The summed E-state index contributed by atoms with van der Waals surface area (Å²) in [5.74, 6) is -2.25. The van der Waals surface area contributed by atoms with Gasteiger partial charge in [-0.05, 0) is 43.2 Å². The molecule has 0 bridgehead atoms. The molecule has 8 nitrogen and oxygen atoms in total. The number of carbonyl (C=O) groups is 2. The summed E-state index contributed by atoms with van der Waals surface area (Å²) >= 11 is 3.03. The highest BCUT2D eigenvalue weighted by molar-refractivity contribution is 9.10. The lowest BCUT2D eigenvalue weighted by atomic mass is 10.1. The van der Waals surface area contributed by atoms with E-state index in [0.717, 1.165) is 50.7 Å². The van der Waals surface area contributed by atoms with Gasteiger partial charge in [-0.1, -0.05) is 53.7 Å². The number of alkyl halides is 3. The van der Waals surface area contributed by atoms with Gasteiger partial charge in [-0.3, -0.25) is 13.9 Å². The van der Waals surface area contributed by atoms with E-state index in [1.165, 1.54) is 24.3 Å². The SMILES string of the molecule is O=C(CC1C(=O)Nc2ccccc2N1S(=O)(=O)c1ccc(Br)cc1OC(F)(F)F)NC1CCCCCC1. The first-order chi connectivity index (χ1) is 17.5. The molecule has 2 amide bonds. The van der Waals surface area contributed by atoms with Gasteiger partial charge < -0.3 is 15.4 Å². The third-order valence-electron chi connectivity index (χ3n) is 6.25. The Bertz CT molecular complexity index is 1280. The predicted molar refractivity (Wildman–Crippen MR) is 134 cm³/mol. The molecule has 200 valence electrons. The van der Waals surface area contributed by atoms with Crippen molar-refractivity contribution in [1.29, 1.82) is 0 Å². The minimum Gasteiger partial charge on any atom is -0.404 e. The molecule has 1 aliphatic heterocycles. The van der Waals surface area contributed by atoms with Gasteiger partial charge in [0.05, 0.1) is 17.8 Å². The lowest BCUT2D eigenvalue weighted by Crippen LogP contribution is -2.53. The Kier molecular flexibility index (Phi) is 8.02. The lowest BCUT2D eigenvalue weighted by molar-refractivity contribution is -0.275. The van der Waals surface area contributed by atoms with Gasteiger partial charge in [0.1, 0.15) is 10.9 Å². The molecule has 13 heteroatoms. The van der Waals surface area contributed by atoms with Gasteiger partial charge >= 0.3 is 6.36 Å². The molecule has 0 spiro atoms. The van der Waals surface area contributed by atoms with Crippen molar-refractivity contribution in [2.24, 2.45) is 0 Å². The first-order valence-electron chi connectivity index (χ1n) is 11.7. The molecule has 1 unspecified atom stereocenters. The number of rotatable bonds is 6. The van der Waals surface area contributed by atoms with Crippen LogP contribution in [-0.4, -0.2) is 38.7 Å². The number of fused-ring (bicyclic) bond motifs is 1. The third-order valence-corrected chi connectivity index (χ3v) is 8.61. The monoisotopic (exact) mass is 603 g/mol. The molecule has 0 saturated heterocycles. The van der Waals surface area contributed by atoms with Crippen LogP contribution in [-0.2, 0) is 19.6 Å². The normalized spacial score (nSPS) is 19.0. The summed E-state index contributed by atoms with van der Waals surface area (Å²) in [6, 6.07) is 7.43. The molecule has 37 heavy (non-hydrogen) atoms. The number of hydrogen-bond donors (Lipinski definition) is 2. The highest BCUT2D eigenvalue weighted by Crippen LogP contribution is 2.41. The summed E-state index contributed by atoms with van der Waals surface area (Å²) in [5, 5.41) is 5.49. The van der Waals surface area contributed by atoms with Gasteiger partial charge in [0.25, 0.3) is 10.0 Å². The number of benzene rings is 2. The van der Waals surface area contributed by atoms with Crippen molar-refractivity contribution in [3.05, 3.63) is 46.9 Å². The first-order valence-corrected chi connectivity index (χ1v) is 14.0. The minimum absolute atomic E-state index is 0.0234. The van der Waals surface area contributed by atoms with Crippen molar-refractivity contribution < 1.29 is 35.9 Å². The summed E-state index contributed by atoms with van der Waals surface area (Å²) in [5.41, 5.74) is 0.169. The number of carbonyl (C=O) groups excluding carboxylic acids is 2. The Morgan fingerprint density at radius 1 is 1.11 bits per heavy atom. The standard InChI is InChI=1S/C24H25BrF3N3O5S/c25-15-11-12-21(20(13-15)36-24(26,27)28)37(34,35)31-18-10-6-5-9-17(18)30-23(33)19(31)14-22(32)29-16-7-3-1-2-4-8-16/h5-6,9-13,16,19H,1-4,7-8,14H2,(H,29,32)(H,30,33). The molecule has 1 saturated carbocycles. The van der Waals surface area contributed by atoms with E-state index in [1.54, 1.807) is 6.07 Å². The molecule has 1 fully saturated rings. The number of hydrogen-bond acceptors (Lipinski definition) is 5. The van der Waals surface area contributed by atoms with Crippen LogP contribution in [0.2, 0.25) is 0 Å². The number of nitrogens with one attached hydrogen (secondary N) is 2. The average Bonchev–Trinajstić information content (AvgIpc) is 3.06. The zero-order chi connectivity index (χ0) is 26.8. The van der Waals surface area contributed by atoms with Crippen LogP contribution in [0.15, 0.2) is 51.8 Å². The minimum atomic E-state index is -5.17. The highest BCUT2D eigenvalue weighted by Gasteiger charge is 2.44. The summed E-state index contributed by atoms with van der Waals surface area (Å²) in [7, 11) is -4.82. The van der Waals surface area contributed by atoms with Gasteiger partial charge in [-0.15, -0.1) is 13.2 Å². The smallest absolute Gasteiger partial charge is 0.404 e. The van der Waals surface area contributed by atoms with Gasteiger partial charge in [0, 0.05) is 10.5 Å². The average molecular weight is 604 g/mol. The van der Waals surface area contributed by atoms with E-state index < -0.39 is 51.3 Å². The van der Waals surface area contributed by atoms with Crippen LogP contribution in [0.1, 0.15) is 44.9 Å². The second-order valence-corrected chi connectivity index (χ2v) is 11.6. The highest BCUT2D eigenvalue weighted by atomic mass is 79.9. The number of amides is 2. The molecule has 0 aromatic heterocycles. The van der Waals surface area contributed by atoms with Crippen molar-refractivity contribution in [3.8, 4) is 5.75 Å². The summed E-state index contributed by atoms with van der Waals surface area (Å²) in [4.78, 5) is 25.2. The van der Waals surface area contributed by atoms with E-state index in [9.17, 15) is 31.2 Å². The maximum atomic E-state index is 13.9. The van der Waals surface area contributed by atoms with Crippen molar-refractivity contribution >= 4 is 49.1 Å². The molecule has 2 aromatic carbocycles. The Morgan fingerprint density at radius 2 is 1.78 bits per heavy atom. The Balaban J connectivity index is 1.73. The van der Waals surface area contributed by atoms with Gasteiger partial charge in [-0.2, -0.15) is 0 Å². The lowest BCUT2D eigenvalue weighted by Gasteiger charge is -2.37. The van der Waals surface area contributed by atoms with Crippen molar-refractivity contribution in [3.63, 3.8) is 0 Å². The van der Waals surface area contributed by atoms with Crippen LogP contribution >= 0.6 is 15.9 Å². The molecule has 2 N–H and O–H groups in total. The van der Waals surface area contributed by atoms with Crippen LogP contribution in [0.5, 0.6) is 5.75 Å². The maximum absolute atomic E-state index is 13.9. The predicted octanol–water partition coefficient (Wildman–Crippen LogP) is 5.09. The van der Waals surface area contributed by atoms with Crippen LogP contribution in [0.4, 0.5) is 24.5 Å². The molecule has 2 aromatic rings.